The Morgan fingerprint density at radius 3 is 2.17 bits per heavy atom. The van der Waals surface area contributed by atoms with Gasteiger partial charge in [0.2, 0.25) is 0 Å². The van der Waals surface area contributed by atoms with Crippen molar-refractivity contribution in [2.24, 2.45) is 0 Å². The molecule has 1 aromatic heterocycles. The van der Waals surface area contributed by atoms with Gasteiger partial charge in [-0.25, -0.2) is 0 Å². The van der Waals surface area contributed by atoms with Gasteiger partial charge in [0.15, 0.2) is 0 Å². The zero-order valence-electron chi connectivity index (χ0n) is 8.47. The Morgan fingerprint density at radius 2 is 1.75 bits per heavy atom. The Balaban J connectivity index is 3.26. The van der Waals surface area contributed by atoms with Crippen LogP contribution in [0.5, 0.6) is 0 Å². The highest BCUT2D eigenvalue weighted by atomic mass is 15.1. The summed E-state index contributed by atoms with van der Waals surface area (Å²) in [6.07, 6.45) is 1.86. The van der Waals surface area contributed by atoms with E-state index in [1.165, 1.54) is 11.1 Å². The molecule has 0 aliphatic heterocycles. The summed E-state index contributed by atoms with van der Waals surface area (Å²) in [6, 6.07) is 0. The second kappa shape index (κ2) is 2.85. The summed E-state index contributed by atoms with van der Waals surface area (Å²) in [6.45, 7) is 10.7. The van der Waals surface area contributed by atoms with Crippen molar-refractivity contribution in [1.82, 2.24) is 10.2 Å². The monoisotopic (exact) mass is 164 g/mol. The van der Waals surface area contributed by atoms with E-state index >= 15 is 0 Å². The predicted molar refractivity (Wildman–Crippen MR) is 50.2 cm³/mol. The Bertz CT molecular complexity index is 284. The van der Waals surface area contributed by atoms with Crippen molar-refractivity contribution in [3.05, 3.63) is 23.0 Å². The molecule has 0 saturated heterocycles. The van der Waals surface area contributed by atoms with Crippen molar-refractivity contribution in [3.8, 4) is 0 Å². The van der Waals surface area contributed by atoms with Gasteiger partial charge in [0.1, 0.15) is 0 Å². The highest BCUT2D eigenvalue weighted by molar-refractivity contribution is 5.30. The first-order valence-corrected chi connectivity index (χ1v) is 4.22. The quantitative estimate of drug-likeness (QED) is 0.588. The van der Waals surface area contributed by atoms with Crippen LogP contribution < -0.4 is 0 Å². The first-order chi connectivity index (χ1) is 5.43. The molecule has 1 rings (SSSR count). The standard InChI is InChI=1S/C10H16N2/c1-7-8(2)12-11-6-9(7)10(3,4)5/h6H,1-5H3. The number of nitrogens with zero attached hydrogens (tertiary/aromatic N) is 2. The van der Waals surface area contributed by atoms with Crippen molar-refractivity contribution in [2.75, 3.05) is 0 Å². The average molecular weight is 164 g/mol. The van der Waals surface area contributed by atoms with Gasteiger partial charge in [-0.1, -0.05) is 20.8 Å². The van der Waals surface area contributed by atoms with Crippen molar-refractivity contribution >= 4 is 0 Å². The van der Waals surface area contributed by atoms with Crippen LogP contribution in [0, 0.1) is 13.8 Å². The molecule has 2 heteroatoms. The van der Waals surface area contributed by atoms with Gasteiger partial charge in [-0.15, -0.1) is 0 Å². The molecule has 0 spiro atoms. The molecule has 0 N–H and O–H groups in total. The number of rotatable bonds is 0. The maximum Gasteiger partial charge on any atom is 0.0632 e. The molecule has 0 aromatic carbocycles. The van der Waals surface area contributed by atoms with Gasteiger partial charge in [0, 0.05) is 0 Å². The molecule has 2 nitrogen and oxygen atoms in total. The third-order valence-corrected chi connectivity index (χ3v) is 2.15. The molecule has 0 unspecified atom stereocenters. The van der Waals surface area contributed by atoms with E-state index in [-0.39, 0.29) is 5.41 Å². The molecule has 0 aliphatic carbocycles. The first-order valence-electron chi connectivity index (χ1n) is 4.22. The second-order valence-electron chi connectivity index (χ2n) is 4.22. The van der Waals surface area contributed by atoms with Crippen molar-refractivity contribution in [3.63, 3.8) is 0 Å². The van der Waals surface area contributed by atoms with Gasteiger partial charge >= 0.3 is 0 Å². The summed E-state index contributed by atoms with van der Waals surface area (Å²) in [4.78, 5) is 0. The summed E-state index contributed by atoms with van der Waals surface area (Å²) in [5.41, 5.74) is 3.75. The second-order valence-corrected chi connectivity index (χ2v) is 4.22. The van der Waals surface area contributed by atoms with E-state index in [2.05, 4.69) is 37.9 Å². The largest absolute Gasteiger partial charge is 0.159 e. The fourth-order valence-corrected chi connectivity index (χ4v) is 1.30. The fraction of sp³-hybridized carbons (Fsp3) is 0.600. The topological polar surface area (TPSA) is 25.8 Å². The van der Waals surface area contributed by atoms with Gasteiger partial charge in [0.25, 0.3) is 0 Å². The lowest BCUT2D eigenvalue weighted by Gasteiger charge is -2.21. The molecular weight excluding hydrogens is 148 g/mol. The molecule has 1 aromatic rings. The predicted octanol–water partition coefficient (Wildman–Crippen LogP) is 2.39. The molecule has 0 atom stereocenters. The maximum atomic E-state index is 4.00. The zero-order valence-corrected chi connectivity index (χ0v) is 8.47. The molecule has 0 aliphatic rings. The number of hydrogen-bond donors (Lipinski definition) is 0. The molecule has 66 valence electrons. The number of aromatic nitrogens is 2. The lowest BCUT2D eigenvalue weighted by atomic mass is 9.85. The summed E-state index contributed by atoms with van der Waals surface area (Å²) in [7, 11) is 0. The minimum atomic E-state index is 0.171. The number of aryl methyl sites for hydroxylation is 1. The Morgan fingerprint density at radius 1 is 1.17 bits per heavy atom. The Kier molecular flexibility index (Phi) is 2.18. The van der Waals surface area contributed by atoms with E-state index in [9.17, 15) is 0 Å². The minimum absolute atomic E-state index is 0.171. The lowest BCUT2D eigenvalue weighted by Crippen LogP contribution is -2.15. The van der Waals surface area contributed by atoms with Gasteiger partial charge in [-0.2, -0.15) is 10.2 Å². The van der Waals surface area contributed by atoms with E-state index < -0.39 is 0 Å². The van der Waals surface area contributed by atoms with Crippen LogP contribution in [0.15, 0.2) is 6.20 Å². The molecular formula is C10H16N2. The number of hydrogen-bond acceptors (Lipinski definition) is 2. The van der Waals surface area contributed by atoms with Crippen LogP contribution in [0.1, 0.15) is 37.6 Å². The summed E-state index contributed by atoms with van der Waals surface area (Å²) in [5.74, 6) is 0. The molecule has 12 heavy (non-hydrogen) atoms. The molecule has 0 bridgehead atoms. The van der Waals surface area contributed by atoms with E-state index in [4.69, 9.17) is 0 Å². The van der Waals surface area contributed by atoms with Crippen LogP contribution in [0.4, 0.5) is 0 Å². The summed E-state index contributed by atoms with van der Waals surface area (Å²) in [5, 5.41) is 7.96. The Labute approximate surface area is 74.0 Å². The van der Waals surface area contributed by atoms with Crippen LogP contribution in [-0.4, -0.2) is 10.2 Å². The van der Waals surface area contributed by atoms with Gasteiger partial charge in [-0.3, -0.25) is 0 Å². The van der Waals surface area contributed by atoms with Crippen LogP contribution in [-0.2, 0) is 5.41 Å². The average Bonchev–Trinajstić information content (AvgIpc) is 1.92. The molecule has 0 radical (unpaired) electrons. The normalized spacial score (nSPS) is 11.8. The minimum Gasteiger partial charge on any atom is -0.159 e. The SMILES string of the molecule is Cc1nncc(C(C)(C)C)c1C. The smallest absolute Gasteiger partial charge is 0.0632 e. The van der Waals surface area contributed by atoms with E-state index in [1.54, 1.807) is 0 Å². The van der Waals surface area contributed by atoms with Crippen LogP contribution in [0.3, 0.4) is 0 Å². The van der Waals surface area contributed by atoms with Gasteiger partial charge in [-0.05, 0) is 30.4 Å². The summed E-state index contributed by atoms with van der Waals surface area (Å²) >= 11 is 0. The highest BCUT2D eigenvalue weighted by Crippen LogP contribution is 2.24. The van der Waals surface area contributed by atoms with E-state index in [1.807, 2.05) is 13.1 Å². The van der Waals surface area contributed by atoms with Crippen LogP contribution in [0.25, 0.3) is 0 Å². The highest BCUT2D eigenvalue weighted by Gasteiger charge is 2.17. The van der Waals surface area contributed by atoms with Crippen LogP contribution in [0.2, 0.25) is 0 Å². The van der Waals surface area contributed by atoms with Crippen molar-refractivity contribution in [1.29, 1.82) is 0 Å². The lowest BCUT2D eigenvalue weighted by molar-refractivity contribution is 0.578. The fourth-order valence-electron chi connectivity index (χ4n) is 1.30. The molecule has 1 heterocycles. The maximum absolute atomic E-state index is 4.00. The summed E-state index contributed by atoms with van der Waals surface area (Å²) < 4.78 is 0. The third-order valence-electron chi connectivity index (χ3n) is 2.15. The van der Waals surface area contributed by atoms with Crippen molar-refractivity contribution in [2.45, 2.75) is 40.0 Å². The molecule has 0 amide bonds. The zero-order chi connectivity index (χ0) is 9.35. The van der Waals surface area contributed by atoms with Gasteiger partial charge < -0.3 is 0 Å². The van der Waals surface area contributed by atoms with Crippen molar-refractivity contribution < 1.29 is 0 Å². The molecule has 0 fully saturated rings. The van der Waals surface area contributed by atoms with E-state index in [0.29, 0.717) is 0 Å². The van der Waals surface area contributed by atoms with Gasteiger partial charge in [0.05, 0.1) is 11.9 Å². The molecule has 0 saturated carbocycles. The Hall–Kier alpha value is -0.920. The first kappa shape index (κ1) is 9.17. The van der Waals surface area contributed by atoms with E-state index in [0.717, 1.165) is 5.69 Å². The van der Waals surface area contributed by atoms with Crippen LogP contribution >= 0.6 is 0 Å². The third kappa shape index (κ3) is 1.63.